The molecule has 90 valence electrons. The lowest BCUT2D eigenvalue weighted by atomic mass is 10.1. The molecule has 0 aliphatic rings. The molecule has 0 fully saturated rings. The summed E-state index contributed by atoms with van der Waals surface area (Å²) in [5, 5.41) is 8.94. The summed E-state index contributed by atoms with van der Waals surface area (Å²) >= 11 is 5.66. The van der Waals surface area contributed by atoms with Gasteiger partial charge in [0.1, 0.15) is 6.61 Å². The fourth-order valence-corrected chi connectivity index (χ4v) is 1.62. The SMILES string of the molecule is Cc1cc(C#N)ccc1COc1ccnc(Cl)n1. The lowest BCUT2D eigenvalue weighted by molar-refractivity contribution is 0.292. The van der Waals surface area contributed by atoms with Crippen molar-refractivity contribution in [1.29, 1.82) is 5.26 Å². The van der Waals surface area contributed by atoms with Crippen molar-refractivity contribution < 1.29 is 4.74 Å². The molecule has 0 aliphatic carbocycles. The van der Waals surface area contributed by atoms with Crippen molar-refractivity contribution in [3.05, 3.63) is 52.4 Å². The monoisotopic (exact) mass is 259 g/mol. The molecule has 0 spiro atoms. The molecule has 0 N–H and O–H groups in total. The number of benzene rings is 1. The Morgan fingerprint density at radius 1 is 1.39 bits per heavy atom. The van der Waals surface area contributed by atoms with Gasteiger partial charge in [0.15, 0.2) is 0 Å². The summed E-state index contributed by atoms with van der Waals surface area (Å²) in [6.07, 6.45) is 1.54. The van der Waals surface area contributed by atoms with Crippen LogP contribution < -0.4 is 4.74 Å². The molecule has 4 nitrogen and oxygen atoms in total. The van der Waals surface area contributed by atoms with Gasteiger partial charge in [-0.1, -0.05) is 6.07 Å². The summed E-state index contributed by atoms with van der Waals surface area (Å²) in [5.74, 6) is 0.429. The Hall–Kier alpha value is -2.12. The third-order valence-corrected chi connectivity index (χ3v) is 2.63. The summed E-state index contributed by atoms with van der Waals surface area (Å²) in [6, 6.07) is 9.20. The van der Waals surface area contributed by atoms with Crippen molar-refractivity contribution in [3.63, 3.8) is 0 Å². The first-order valence-electron chi connectivity index (χ1n) is 5.30. The number of rotatable bonds is 3. The molecule has 0 saturated carbocycles. The molecule has 0 radical (unpaired) electrons. The number of nitriles is 1. The first kappa shape index (κ1) is 12.3. The maximum atomic E-state index is 8.78. The first-order valence-corrected chi connectivity index (χ1v) is 5.68. The highest BCUT2D eigenvalue weighted by Gasteiger charge is 2.03. The average molecular weight is 260 g/mol. The number of aryl methyl sites for hydroxylation is 1. The van der Waals surface area contributed by atoms with E-state index in [1.807, 2.05) is 19.1 Å². The van der Waals surface area contributed by atoms with Crippen LogP contribution in [0.1, 0.15) is 16.7 Å². The second-order valence-corrected chi connectivity index (χ2v) is 4.04. The lowest BCUT2D eigenvalue weighted by Gasteiger charge is -2.08. The van der Waals surface area contributed by atoms with E-state index >= 15 is 0 Å². The molecule has 5 heteroatoms. The Balaban J connectivity index is 2.09. The summed E-state index contributed by atoms with van der Waals surface area (Å²) < 4.78 is 5.51. The zero-order valence-corrected chi connectivity index (χ0v) is 10.5. The van der Waals surface area contributed by atoms with Gasteiger partial charge in [0, 0.05) is 12.3 Å². The number of hydrogen-bond acceptors (Lipinski definition) is 4. The van der Waals surface area contributed by atoms with Crippen molar-refractivity contribution in [1.82, 2.24) is 9.97 Å². The van der Waals surface area contributed by atoms with Crippen molar-refractivity contribution in [2.45, 2.75) is 13.5 Å². The smallest absolute Gasteiger partial charge is 0.225 e. The van der Waals surface area contributed by atoms with Gasteiger partial charge >= 0.3 is 0 Å². The maximum Gasteiger partial charge on any atom is 0.225 e. The molecule has 1 aromatic heterocycles. The second-order valence-electron chi connectivity index (χ2n) is 3.71. The quantitative estimate of drug-likeness (QED) is 0.796. The highest BCUT2D eigenvalue weighted by Crippen LogP contribution is 2.14. The van der Waals surface area contributed by atoms with E-state index in [1.54, 1.807) is 12.1 Å². The number of ether oxygens (including phenoxy) is 1. The molecule has 0 saturated heterocycles. The van der Waals surface area contributed by atoms with E-state index in [4.69, 9.17) is 21.6 Å². The molecule has 0 amide bonds. The second kappa shape index (κ2) is 5.48. The molecular weight excluding hydrogens is 250 g/mol. The average Bonchev–Trinajstić information content (AvgIpc) is 2.37. The Morgan fingerprint density at radius 3 is 2.89 bits per heavy atom. The van der Waals surface area contributed by atoms with E-state index in [1.165, 1.54) is 6.20 Å². The number of nitrogens with zero attached hydrogens (tertiary/aromatic N) is 3. The molecule has 0 unspecified atom stereocenters. The van der Waals surface area contributed by atoms with Gasteiger partial charge in [-0.3, -0.25) is 0 Å². The highest BCUT2D eigenvalue weighted by molar-refractivity contribution is 6.28. The van der Waals surface area contributed by atoms with E-state index in [9.17, 15) is 0 Å². The molecule has 1 aromatic carbocycles. The first-order chi connectivity index (χ1) is 8.69. The van der Waals surface area contributed by atoms with Crippen LogP contribution in [0.25, 0.3) is 0 Å². The zero-order valence-electron chi connectivity index (χ0n) is 9.72. The Morgan fingerprint density at radius 2 is 2.22 bits per heavy atom. The van der Waals surface area contributed by atoms with Crippen LogP contribution >= 0.6 is 11.6 Å². The van der Waals surface area contributed by atoms with Gasteiger partial charge in [-0.05, 0) is 41.8 Å². The van der Waals surface area contributed by atoms with E-state index in [2.05, 4.69) is 16.0 Å². The van der Waals surface area contributed by atoms with Gasteiger partial charge in [0.05, 0.1) is 11.6 Å². The van der Waals surface area contributed by atoms with Gasteiger partial charge < -0.3 is 4.74 Å². The van der Waals surface area contributed by atoms with Crippen molar-refractivity contribution in [3.8, 4) is 11.9 Å². The minimum atomic E-state index is 0.157. The van der Waals surface area contributed by atoms with Gasteiger partial charge in [0.25, 0.3) is 0 Å². The van der Waals surface area contributed by atoms with Crippen molar-refractivity contribution >= 4 is 11.6 Å². The minimum absolute atomic E-state index is 0.157. The fraction of sp³-hybridized carbons (Fsp3) is 0.154. The zero-order chi connectivity index (χ0) is 13.0. The predicted octanol–water partition coefficient (Wildman–Crippen LogP) is 2.89. The largest absolute Gasteiger partial charge is 0.473 e. The van der Waals surface area contributed by atoms with Gasteiger partial charge in [-0.2, -0.15) is 10.2 Å². The highest BCUT2D eigenvalue weighted by atomic mass is 35.5. The third-order valence-electron chi connectivity index (χ3n) is 2.45. The summed E-state index contributed by atoms with van der Waals surface area (Å²) in [6.45, 7) is 2.32. The lowest BCUT2D eigenvalue weighted by Crippen LogP contribution is -2.00. The Kier molecular flexibility index (Phi) is 3.75. The number of halogens is 1. The van der Waals surface area contributed by atoms with Crippen molar-refractivity contribution in [2.75, 3.05) is 0 Å². The molecule has 2 rings (SSSR count). The van der Waals surface area contributed by atoms with Crippen LogP contribution in [-0.2, 0) is 6.61 Å². The summed E-state index contributed by atoms with van der Waals surface area (Å²) in [7, 11) is 0. The molecule has 0 aliphatic heterocycles. The van der Waals surface area contributed by atoms with E-state index in [0.717, 1.165) is 11.1 Å². The molecule has 1 heterocycles. The van der Waals surface area contributed by atoms with Gasteiger partial charge in [-0.25, -0.2) is 4.98 Å². The molecule has 0 atom stereocenters. The van der Waals surface area contributed by atoms with Crippen LogP contribution in [0.2, 0.25) is 5.28 Å². The third kappa shape index (κ3) is 2.96. The van der Waals surface area contributed by atoms with Crippen LogP contribution in [0.15, 0.2) is 30.5 Å². The van der Waals surface area contributed by atoms with Gasteiger partial charge in [-0.15, -0.1) is 0 Å². The standard InChI is InChI=1S/C13H10ClN3O/c1-9-6-10(7-15)2-3-11(9)8-18-12-4-5-16-13(14)17-12/h2-6H,8H2,1H3. The maximum absolute atomic E-state index is 8.78. The number of hydrogen-bond donors (Lipinski definition) is 0. The van der Waals surface area contributed by atoms with Crippen LogP contribution in [0.3, 0.4) is 0 Å². The Bertz CT molecular complexity index is 607. The van der Waals surface area contributed by atoms with Crippen LogP contribution in [0.4, 0.5) is 0 Å². The fourth-order valence-electron chi connectivity index (χ4n) is 1.48. The minimum Gasteiger partial charge on any atom is -0.473 e. The van der Waals surface area contributed by atoms with Crippen LogP contribution in [0.5, 0.6) is 5.88 Å². The topological polar surface area (TPSA) is 58.8 Å². The van der Waals surface area contributed by atoms with E-state index < -0.39 is 0 Å². The molecular formula is C13H10ClN3O. The van der Waals surface area contributed by atoms with E-state index in [0.29, 0.717) is 18.1 Å². The predicted molar refractivity (Wildman–Crippen MR) is 67.3 cm³/mol. The van der Waals surface area contributed by atoms with Gasteiger partial charge in [0.2, 0.25) is 11.2 Å². The van der Waals surface area contributed by atoms with Crippen molar-refractivity contribution in [2.24, 2.45) is 0 Å². The van der Waals surface area contributed by atoms with E-state index in [-0.39, 0.29) is 5.28 Å². The normalized spacial score (nSPS) is 9.83. The Labute approximate surface area is 110 Å². The molecule has 0 bridgehead atoms. The summed E-state index contributed by atoms with van der Waals surface area (Å²) in [4.78, 5) is 7.70. The molecule has 2 aromatic rings. The van der Waals surface area contributed by atoms with Crippen LogP contribution in [-0.4, -0.2) is 9.97 Å². The summed E-state index contributed by atoms with van der Waals surface area (Å²) in [5.41, 5.74) is 2.65. The van der Waals surface area contributed by atoms with Crippen LogP contribution in [0, 0.1) is 18.3 Å². The number of aromatic nitrogens is 2. The molecule has 18 heavy (non-hydrogen) atoms.